The summed E-state index contributed by atoms with van der Waals surface area (Å²) in [5.41, 5.74) is 3.35. The van der Waals surface area contributed by atoms with Crippen LogP contribution in [0.2, 0.25) is 0 Å². The Bertz CT molecular complexity index is 1450. The van der Waals surface area contributed by atoms with E-state index in [1.165, 1.54) is 12.1 Å². The fourth-order valence-electron chi connectivity index (χ4n) is 4.89. The molecule has 2 N–H and O–H groups in total. The highest BCUT2D eigenvalue weighted by Gasteiger charge is 2.47. The van der Waals surface area contributed by atoms with Gasteiger partial charge in [-0.2, -0.15) is 0 Å². The molecule has 1 aliphatic heterocycles. The third-order valence-corrected chi connectivity index (χ3v) is 7.24. The van der Waals surface area contributed by atoms with E-state index < -0.39 is 11.9 Å². The number of ether oxygens (including phenoxy) is 1. The van der Waals surface area contributed by atoms with Gasteiger partial charge in [-0.3, -0.25) is 19.7 Å². The first kappa shape index (κ1) is 30.5. The van der Waals surface area contributed by atoms with Gasteiger partial charge in [0.25, 0.3) is 5.91 Å². The Balaban J connectivity index is 0.00000198. The van der Waals surface area contributed by atoms with Crippen LogP contribution in [0.4, 0.5) is 19.2 Å². The van der Waals surface area contributed by atoms with Gasteiger partial charge in [-0.1, -0.05) is 25.0 Å². The number of alkyl halides is 3. The molecule has 1 saturated carbocycles. The summed E-state index contributed by atoms with van der Waals surface area (Å²) in [4.78, 5) is 37.2. The number of anilines is 1. The standard InChI is InChI=1S/C27H26F3N5O5.C2H6/c1-15-11-18(12-20-21(15)13-35(24(20)38)16(2)3-8-22(37)31-14-36)26(9-10-26)32-25-34-33-23(39-25)17-4-6-19(7-5-17)40-27(28,29)30;1-2/h4-7,11-12,14,16H,3,8-10,13H2,1-2H3,(H,32,34)(H,31,36,37);1-2H3. The number of carbonyl (C=O) groups is 3. The van der Waals surface area contributed by atoms with Gasteiger partial charge in [0.1, 0.15) is 5.75 Å². The maximum absolute atomic E-state index is 13.3. The number of rotatable bonds is 10. The first-order chi connectivity index (χ1) is 20.0. The van der Waals surface area contributed by atoms with Crippen LogP contribution < -0.4 is 15.4 Å². The Morgan fingerprint density at radius 2 is 1.88 bits per heavy atom. The molecule has 10 nitrogen and oxygen atoms in total. The van der Waals surface area contributed by atoms with Crippen LogP contribution in [-0.4, -0.2) is 45.7 Å². The molecule has 5 rings (SSSR count). The number of imide groups is 1. The van der Waals surface area contributed by atoms with Crippen molar-refractivity contribution in [3.05, 3.63) is 58.7 Å². The molecule has 2 heterocycles. The van der Waals surface area contributed by atoms with E-state index in [0.29, 0.717) is 30.5 Å². The number of aromatic nitrogens is 2. The van der Waals surface area contributed by atoms with Crippen molar-refractivity contribution in [2.24, 2.45) is 0 Å². The average molecular weight is 588 g/mol. The number of nitrogens with zero attached hydrogens (tertiary/aromatic N) is 3. The van der Waals surface area contributed by atoms with Gasteiger partial charge in [-0.15, -0.1) is 18.3 Å². The second-order valence-electron chi connectivity index (χ2n) is 10.0. The molecular formula is C29H32F3N5O5. The Labute approximate surface area is 240 Å². The molecule has 0 spiro atoms. The van der Waals surface area contributed by atoms with Crippen LogP contribution in [0.25, 0.3) is 11.5 Å². The van der Waals surface area contributed by atoms with E-state index in [9.17, 15) is 27.6 Å². The highest BCUT2D eigenvalue weighted by molar-refractivity contribution is 5.99. The van der Waals surface area contributed by atoms with Gasteiger partial charge in [0, 0.05) is 30.1 Å². The number of carbonyl (C=O) groups excluding carboxylic acids is 3. The van der Waals surface area contributed by atoms with E-state index in [1.807, 2.05) is 39.8 Å². The first-order valence-electron chi connectivity index (χ1n) is 13.6. The molecule has 2 aliphatic rings. The number of benzene rings is 2. The Morgan fingerprint density at radius 1 is 1.19 bits per heavy atom. The zero-order chi connectivity index (χ0) is 30.7. The van der Waals surface area contributed by atoms with Crippen LogP contribution in [0.3, 0.4) is 0 Å². The van der Waals surface area contributed by atoms with Crippen LogP contribution in [0, 0.1) is 6.92 Å². The molecule has 1 atom stereocenters. The molecule has 0 bridgehead atoms. The van der Waals surface area contributed by atoms with Crippen LogP contribution in [-0.2, 0) is 21.7 Å². The van der Waals surface area contributed by atoms with E-state index in [4.69, 9.17) is 4.42 Å². The van der Waals surface area contributed by atoms with Crippen LogP contribution in [0.15, 0.2) is 40.8 Å². The summed E-state index contributed by atoms with van der Waals surface area (Å²) in [5.74, 6) is -0.729. The molecule has 13 heteroatoms. The predicted octanol–water partition coefficient (Wildman–Crippen LogP) is 5.47. The average Bonchev–Trinajstić information content (AvgIpc) is 3.44. The second-order valence-corrected chi connectivity index (χ2v) is 10.0. The number of hydrogen-bond donors (Lipinski definition) is 2. The number of halogens is 3. The number of nitrogens with one attached hydrogen (secondary N) is 2. The lowest BCUT2D eigenvalue weighted by molar-refractivity contribution is -0.274. The summed E-state index contributed by atoms with van der Waals surface area (Å²) >= 11 is 0. The minimum absolute atomic E-state index is 0.114. The quantitative estimate of drug-likeness (QED) is 0.299. The summed E-state index contributed by atoms with van der Waals surface area (Å²) in [6.07, 6.45) is -2.34. The smallest absolute Gasteiger partial charge is 0.406 e. The minimum atomic E-state index is -4.78. The van der Waals surface area contributed by atoms with Crippen molar-refractivity contribution in [3.63, 3.8) is 0 Å². The largest absolute Gasteiger partial charge is 0.573 e. The minimum Gasteiger partial charge on any atom is -0.406 e. The summed E-state index contributed by atoms with van der Waals surface area (Å²) in [6, 6.07) is 8.98. The Hall–Kier alpha value is -4.42. The monoisotopic (exact) mass is 587 g/mol. The predicted molar refractivity (Wildman–Crippen MR) is 146 cm³/mol. The highest BCUT2D eigenvalue weighted by Crippen LogP contribution is 2.49. The van der Waals surface area contributed by atoms with E-state index >= 15 is 0 Å². The van der Waals surface area contributed by atoms with Crippen molar-refractivity contribution in [2.75, 3.05) is 5.32 Å². The third-order valence-electron chi connectivity index (χ3n) is 7.24. The summed E-state index contributed by atoms with van der Waals surface area (Å²) in [6.45, 7) is 8.27. The van der Waals surface area contributed by atoms with Crippen molar-refractivity contribution >= 4 is 24.2 Å². The van der Waals surface area contributed by atoms with Crippen molar-refractivity contribution in [1.29, 1.82) is 0 Å². The molecular weight excluding hydrogens is 555 g/mol. The third kappa shape index (κ3) is 6.72. The lowest BCUT2D eigenvalue weighted by Gasteiger charge is -2.24. The molecule has 1 aliphatic carbocycles. The van der Waals surface area contributed by atoms with E-state index in [0.717, 1.165) is 41.7 Å². The Morgan fingerprint density at radius 3 is 2.50 bits per heavy atom. The molecule has 3 amide bonds. The first-order valence-corrected chi connectivity index (χ1v) is 13.6. The lowest BCUT2D eigenvalue weighted by atomic mass is 9.95. The topological polar surface area (TPSA) is 127 Å². The van der Waals surface area contributed by atoms with Gasteiger partial charge in [0.05, 0.1) is 5.54 Å². The Kier molecular flexibility index (Phi) is 8.88. The molecule has 42 heavy (non-hydrogen) atoms. The number of fused-ring (bicyclic) bond motifs is 1. The fraction of sp³-hybridized carbons (Fsp3) is 0.414. The highest BCUT2D eigenvalue weighted by atomic mass is 19.4. The molecule has 3 aromatic rings. The molecule has 0 saturated heterocycles. The summed E-state index contributed by atoms with van der Waals surface area (Å²) < 4.78 is 46.9. The number of aryl methyl sites for hydroxylation is 1. The summed E-state index contributed by atoms with van der Waals surface area (Å²) in [5, 5.41) is 13.4. The number of hydrogen-bond acceptors (Lipinski definition) is 8. The molecule has 0 radical (unpaired) electrons. The van der Waals surface area contributed by atoms with Gasteiger partial charge < -0.3 is 19.4 Å². The van der Waals surface area contributed by atoms with Crippen LogP contribution >= 0.6 is 0 Å². The molecule has 1 aromatic heterocycles. The fourth-order valence-corrected chi connectivity index (χ4v) is 4.89. The van der Waals surface area contributed by atoms with E-state index in [2.05, 4.69) is 25.6 Å². The maximum atomic E-state index is 13.3. The van der Waals surface area contributed by atoms with Crippen molar-refractivity contribution in [1.82, 2.24) is 20.4 Å². The zero-order valence-electron chi connectivity index (χ0n) is 23.7. The molecule has 2 aromatic carbocycles. The number of amides is 3. The van der Waals surface area contributed by atoms with E-state index in [-0.39, 0.29) is 41.9 Å². The molecule has 1 unspecified atom stereocenters. The van der Waals surface area contributed by atoms with E-state index in [1.54, 1.807) is 4.90 Å². The second kappa shape index (κ2) is 12.2. The van der Waals surface area contributed by atoms with Gasteiger partial charge in [0.2, 0.25) is 18.2 Å². The van der Waals surface area contributed by atoms with Crippen LogP contribution in [0.5, 0.6) is 5.75 Å². The lowest BCUT2D eigenvalue weighted by Crippen LogP contribution is -2.34. The summed E-state index contributed by atoms with van der Waals surface area (Å²) in [7, 11) is 0. The van der Waals surface area contributed by atoms with Gasteiger partial charge in [-0.05, 0) is 80.1 Å². The van der Waals surface area contributed by atoms with Crippen LogP contribution in [0.1, 0.15) is 73.5 Å². The maximum Gasteiger partial charge on any atom is 0.573 e. The normalized spacial score (nSPS) is 15.7. The molecule has 1 fully saturated rings. The van der Waals surface area contributed by atoms with Gasteiger partial charge >= 0.3 is 12.4 Å². The van der Waals surface area contributed by atoms with Gasteiger partial charge in [-0.25, -0.2) is 0 Å². The van der Waals surface area contributed by atoms with Gasteiger partial charge in [0.15, 0.2) is 0 Å². The van der Waals surface area contributed by atoms with Crippen molar-refractivity contribution in [2.45, 2.75) is 77.9 Å². The van der Waals surface area contributed by atoms with Crippen molar-refractivity contribution in [3.8, 4) is 17.2 Å². The molecule has 224 valence electrons. The zero-order valence-corrected chi connectivity index (χ0v) is 23.7. The van der Waals surface area contributed by atoms with Crippen molar-refractivity contribution < 1.29 is 36.7 Å². The SMILES string of the molecule is CC.Cc1cc(C2(Nc3nnc(-c4ccc(OC(F)(F)F)cc4)o3)CC2)cc2c1CN(C(C)CCC(=O)NC=O)C2=O.